The SMILES string of the molecule is NCCN(C[C@H]1COc2ccccc2O1)C1CC1. The molecule has 0 radical (unpaired) electrons. The topological polar surface area (TPSA) is 47.7 Å². The van der Waals surface area contributed by atoms with E-state index in [1.807, 2.05) is 24.3 Å². The van der Waals surface area contributed by atoms with Gasteiger partial charge in [0.15, 0.2) is 11.5 Å². The summed E-state index contributed by atoms with van der Waals surface area (Å²) in [7, 11) is 0. The third-order valence-electron chi connectivity index (χ3n) is 3.49. The first-order chi connectivity index (χ1) is 8.86. The molecular weight excluding hydrogens is 228 g/mol. The first-order valence-corrected chi connectivity index (χ1v) is 6.69. The molecule has 4 nitrogen and oxygen atoms in total. The van der Waals surface area contributed by atoms with Crippen LogP contribution in [0.15, 0.2) is 24.3 Å². The van der Waals surface area contributed by atoms with E-state index < -0.39 is 0 Å². The monoisotopic (exact) mass is 248 g/mol. The molecule has 0 spiro atoms. The third-order valence-corrected chi connectivity index (χ3v) is 3.49. The van der Waals surface area contributed by atoms with Gasteiger partial charge in [-0.3, -0.25) is 4.90 Å². The highest BCUT2D eigenvalue weighted by molar-refractivity contribution is 5.40. The van der Waals surface area contributed by atoms with Crippen molar-refractivity contribution in [2.24, 2.45) is 5.73 Å². The Hall–Kier alpha value is -1.26. The van der Waals surface area contributed by atoms with E-state index in [4.69, 9.17) is 15.2 Å². The van der Waals surface area contributed by atoms with Crippen LogP contribution >= 0.6 is 0 Å². The summed E-state index contributed by atoms with van der Waals surface area (Å²) < 4.78 is 11.7. The maximum atomic E-state index is 5.98. The van der Waals surface area contributed by atoms with E-state index in [9.17, 15) is 0 Å². The van der Waals surface area contributed by atoms with Crippen molar-refractivity contribution in [1.82, 2.24) is 4.90 Å². The summed E-state index contributed by atoms with van der Waals surface area (Å²) in [5.74, 6) is 1.71. The number of para-hydroxylation sites is 2. The highest BCUT2D eigenvalue weighted by Crippen LogP contribution is 2.32. The Kier molecular flexibility index (Phi) is 3.39. The van der Waals surface area contributed by atoms with Gasteiger partial charge in [0.05, 0.1) is 0 Å². The smallest absolute Gasteiger partial charge is 0.161 e. The van der Waals surface area contributed by atoms with Crippen LogP contribution in [-0.4, -0.2) is 43.3 Å². The van der Waals surface area contributed by atoms with Gasteiger partial charge in [0, 0.05) is 25.7 Å². The molecule has 1 aliphatic carbocycles. The standard InChI is InChI=1S/C14H20N2O2/c15-7-8-16(11-5-6-11)9-12-10-17-13-3-1-2-4-14(13)18-12/h1-4,11-12H,5-10,15H2/t12-/m0/s1. The van der Waals surface area contributed by atoms with Gasteiger partial charge in [-0.1, -0.05) is 12.1 Å². The summed E-state index contributed by atoms with van der Waals surface area (Å²) in [6.45, 7) is 3.20. The van der Waals surface area contributed by atoms with Gasteiger partial charge in [-0.15, -0.1) is 0 Å². The lowest BCUT2D eigenvalue weighted by Gasteiger charge is -2.31. The fraction of sp³-hybridized carbons (Fsp3) is 0.571. The number of hydrogen-bond donors (Lipinski definition) is 1. The van der Waals surface area contributed by atoms with E-state index in [0.717, 1.165) is 24.6 Å². The Morgan fingerprint density at radius 2 is 2.00 bits per heavy atom. The lowest BCUT2D eigenvalue weighted by molar-refractivity contribution is 0.0572. The molecule has 0 bridgehead atoms. The Bertz CT molecular complexity index is 407. The van der Waals surface area contributed by atoms with Gasteiger partial charge in [0.1, 0.15) is 12.7 Å². The van der Waals surface area contributed by atoms with Gasteiger partial charge in [0.2, 0.25) is 0 Å². The van der Waals surface area contributed by atoms with Crippen LogP contribution in [0.3, 0.4) is 0 Å². The molecule has 18 heavy (non-hydrogen) atoms. The van der Waals surface area contributed by atoms with E-state index >= 15 is 0 Å². The second-order valence-electron chi connectivity index (χ2n) is 5.01. The van der Waals surface area contributed by atoms with Crippen molar-refractivity contribution in [3.63, 3.8) is 0 Å². The number of nitrogens with zero attached hydrogens (tertiary/aromatic N) is 1. The fourth-order valence-corrected chi connectivity index (χ4v) is 2.44. The number of benzene rings is 1. The minimum atomic E-state index is 0.118. The molecule has 1 saturated carbocycles. The molecule has 2 aliphatic rings. The molecule has 1 fully saturated rings. The van der Waals surface area contributed by atoms with E-state index in [-0.39, 0.29) is 6.10 Å². The minimum absolute atomic E-state index is 0.118. The summed E-state index contributed by atoms with van der Waals surface area (Å²) in [5, 5.41) is 0. The first kappa shape index (κ1) is 11.8. The van der Waals surface area contributed by atoms with Crippen LogP contribution in [0, 0.1) is 0 Å². The van der Waals surface area contributed by atoms with Gasteiger partial charge in [-0.05, 0) is 25.0 Å². The zero-order valence-electron chi connectivity index (χ0n) is 10.5. The number of nitrogens with two attached hydrogens (primary N) is 1. The number of fused-ring (bicyclic) bond motifs is 1. The largest absolute Gasteiger partial charge is 0.486 e. The molecule has 4 heteroatoms. The van der Waals surface area contributed by atoms with Crippen LogP contribution in [0.1, 0.15) is 12.8 Å². The Morgan fingerprint density at radius 3 is 2.72 bits per heavy atom. The van der Waals surface area contributed by atoms with Crippen molar-refractivity contribution < 1.29 is 9.47 Å². The van der Waals surface area contributed by atoms with E-state index in [0.29, 0.717) is 19.2 Å². The van der Waals surface area contributed by atoms with Gasteiger partial charge in [-0.2, -0.15) is 0 Å². The Labute approximate surface area is 108 Å². The van der Waals surface area contributed by atoms with Crippen LogP contribution in [0.2, 0.25) is 0 Å². The van der Waals surface area contributed by atoms with Crippen LogP contribution in [0.25, 0.3) is 0 Å². The average molecular weight is 248 g/mol. The molecule has 2 N–H and O–H groups in total. The maximum absolute atomic E-state index is 5.98. The van der Waals surface area contributed by atoms with Crippen LogP contribution in [0.5, 0.6) is 11.5 Å². The van der Waals surface area contributed by atoms with Gasteiger partial charge >= 0.3 is 0 Å². The van der Waals surface area contributed by atoms with Crippen LogP contribution in [0.4, 0.5) is 0 Å². The fourth-order valence-electron chi connectivity index (χ4n) is 2.44. The Balaban J connectivity index is 1.61. The number of hydrogen-bond acceptors (Lipinski definition) is 4. The van der Waals surface area contributed by atoms with Crippen molar-refractivity contribution in [3.8, 4) is 11.5 Å². The molecule has 98 valence electrons. The van der Waals surface area contributed by atoms with Gasteiger partial charge < -0.3 is 15.2 Å². The molecule has 1 aromatic rings. The zero-order valence-corrected chi connectivity index (χ0v) is 10.5. The summed E-state index contributed by atoms with van der Waals surface area (Å²) in [5.41, 5.74) is 5.66. The predicted octanol–water partition coefficient (Wildman–Crippen LogP) is 1.25. The molecule has 0 aromatic heterocycles. The maximum Gasteiger partial charge on any atom is 0.161 e. The first-order valence-electron chi connectivity index (χ1n) is 6.69. The molecule has 1 heterocycles. The van der Waals surface area contributed by atoms with Crippen molar-refractivity contribution >= 4 is 0 Å². The molecule has 0 amide bonds. The average Bonchev–Trinajstić information content (AvgIpc) is 3.22. The van der Waals surface area contributed by atoms with Crippen LogP contribution < -0.4 is 15.2 Å². The summed E-state index contributed by atoms with van der Waals surface area (Å²) in [6.07, 6.45) is 2.71. The molecule has 1 aromatic carbocycles. The molecule has 0 unspecified atom stereocenters. The normalized spacial score (nSPS) is 22.2. The Morgan fingerprint density at radius 1 is 1.22 bits per heavy atom. The van der Waals surface area contributed by atoms with Crippen molar-refractivity contribution in [2.75, 3.05) is 26.2 Å². The third kappa shape index (κ3) is 2.60. The quantitative estimate of drug-likeness (QED) is 0.852. The van der Waals surface area contributed by atoms with Gasteiger partial charge in [0.25, 0.3) is 0 Å². The zero-order chi connectivity index (χ0) is 12.4. The second kappa shape index (κ2) is 5.16. The minimum Gasteiger partial charge on any atom is -0.486 e. The summed E-state index contributed by atoms with van der Waals surface area (Å²) in [6, 6.07) is 8.57. The lowest BCUT2D eigenvalue weighted by atomic mass is 10.2. The van der Waals surface area contributed by atoms with Crippen molar-refractivity contribution in [2.45, 2.75) is 25.0 Å². The highest BCUT2D eigenvalue weighted by Gasteiger charge is 2.32. The van der Waals surface area contributed by atoms with Crippen molar-refractivity contribution in [3.05, 3.63) is 24.3 Å². The van der Waals surface area contributed by atoms with Crippen LogP contribution in [-0.2, 0) is 0 Å². The van der Waals surface area contributed by atoms with E-state index in [1.54, 1.807) is 0 Å². The van der Waals surface area contributed by atoms with Crippen molar-refractivity contribution in [1.29, 1.82) is 0 Å². The van der Waals surface area contributed by atoms with E-state index in [2.05, 4.69) is 4.90 Å². The van der Waals surface area contributed by atoms with Gasteiger partial charge in [-0.25, -0.2) is 0 Å². The highest BCUT2D eigenvalue weighted by atomic mass is 16.6. The molecule has 1 aliphatic heterocycles. The number of ether oxygens (including phenoxy) is 2. The van der Waals surface area contributed by atoms with E-state index in [1.165, 1.54) is 12.8 Å². The predicted molar refractivity (Wildman–Crippen MR) is 70.0 cm³/mol. The molecule has 3 rings (SSSR count). The molecule has 0 saturated heterocycles. The number of rotatable bonds is 5. The lowest BCUT2D eigenvalue weighted by Crippen LogP contribution is -2.43. The summed E-state index contributed by atoms with van der Waals surface area (Å²) >= 11 is 0. The summed E-state index contributed by atoms with van der Waals surface area (Å²) in [4.78, 5) is 2.43. The molecule has 1 atom stereocenters. The second-order valence-corrected chi connectivity index (χ2v) is 5.01. The molecular formula is C14H20N2O2.